The molecule has 126 valence electrons. The second-order valence-electron chi connectivity index (χ2n) is 6.59. The van der Waals surface area contributed by atoms with Gasteiger partial charge in [-0.1, -0.05) is 30.7 Å². The Morgan fingerprint density at radius 3 is 2.43 bits per heavy atom. The fourth-order valence-corrected chi connectivity index (χ4v) is 3.19. The van der Waals surface area contributed by atoms with Crippen LogP contribution in [0.4, 0.5) is 0 Å². The molecule has 2 rings (SSSR count). The highest BCUT2D eigenvalue weighted by Crippen LogP contribution is 2.26. The molecule has 0 radical (unpaired) electrons. The van der Waals surface area contributed by atoms with Crippen molar-refractivity contribution in [2.75, 3.05) is 0 Å². The number of ketones is 1. The molecule has 0 aromatic heterocycles. The minimum atomic E-state index is 0.202. The summed E-state index contributed by atoms with van der Waals surface area (Å²) in [6, 6.07) is 7.89. The molecule has 1 fully saturated rings. The number of carbonyl (C=O) groups is 2. The van der Waals surface area contributed by atoms with Crippen LogP contribution in [0.1, 0.15) is 57.9 Å². The van der Waals surface area contributed by atoms with Crippen molar-refractivity contribution in [3.8, 4) is 0 Å². The molecular formula is C19H26ClNO2. The summed E-state index contributed by atoms with van der Waals surface area (Å²) in [6.45, 7) is 4.82. The van der Waals surface area contributed by atoms with Crippen LogP contribution in [0.5, 0.6) is 0 Å². The second-order valence-corrected chi connectivity index (χ2v) is 7.03. The average Bonchev–Trinajstić information content (AvgIpc) is 2.55. The van der Waals surface area contributed by atoms with Gasteiger partial charge in [-0.2, -0.15) is 0 Å². The molecule has 3 nitrogen and oxygen atoms in total. The van der Waals surface area contributed by atoms with Gasteiger partial charge in [-0.25, -0.2) is 0 Å². The number of hydrogen-bond acceptors (Lipinski definition) is 2. The van der Waals surface area contributed by atoms with E-state index in [0.29, 0.717) is 42.5 Å². The van der Waals surface area contributed by atoms with Crippen LogP contribution < -0.4 is 0 Å². The van der Waals surface area contributed by atoms with Gasteiger partial charge in [0.05, 0.1) is 0 Å². The number of carbonyl (C=O) groups excluding carboxylic acids is 2. The molecule has 23 heavy (non-hydrogen) atoms. The third-order valence-electron chi connectivity index (χ3n) is 4.84. The van der Waals surface area contributed by atoms with Crippen LogP contribution in [0.25, 0.3) is 0 Å². The van der Waals surface area contributed by atoms with Crippen molar-refractivity contribution >= 4 is 23.3 Å². The van der Waals surface area contributed by atoms with Crippen LogP contribution in [0.2, 0.25) is 5.02 Å². The highest BCUT2D eigenvalue weighted by atomic mass is 35.5. The Morgan fingerprint density at radius 1 is 1.26 bits per heavy atom. The topological polar surface area (TPSA) is 37.4 Å². The summed E-state index contributed by atoms with van der Waals surface area (Å²) in [4.78, 5) is 26.1. The van der Waals surface area contributed by atoms with Crippen molar-refractivity contribution in [2.45, 2.75) is 65.0 Å². The van der Waals surface area contributed by atoms with Crippen molar-refractivity contribution in [1.29, 1.82) is 0 Å². The Kier molecular flexibility index (Phi) is 6.64. The number of halogens is 1. The number of Topliss-reactive ketones (excluding diaryl/α,β-unsaturated/α-hetero) is 1. The second kappa shape index (κ2) is 8.49. The fourth-order valence-electron chi connectivity index (χ4n) is 3.06. The number of amides is 1. The average molecular weight is 336 g/mol. The zero-order valence-corrected chi connectivity index (χ0v) is 14.8. The van der Waals surface area contributed by atoms with Crippen LogP contribution in [0.3, 0.4) is 0 Å². The molecule has 0 N–H and O–H groups in total. The highest BCUT2D eigenvalue weighted by Gasteiger charge is 2.25. The zero-order chi connectivity index (χ0) is 16.8. The van der Waals surface area contributed by atoms with Crippen LogP contribution in [-0.4, -0.2) is 22.6 Å². The van der Waals surface area contributed by atoms with Gasteiger partial charge in [0.25, 0.3) is 0 Å². The molecule has 1 aromatic carbocycles. The van der Waals surface area contributed by atoms with E-state index in [2.05, 4.69) is 13.8 Å². The Balaban J connectivity index is 2.00. The molecule has 0 saturated heterocycles. The molecule has 0 bridgehead atoms. The lowest BCUT2D eigenvalue weighted by molar-refractivity contribution is -0.136. The Hall–Kier alpha value is -1.35. The lowest BCUT2D eigenvalue weighted by Gasteiger charge is -2.31. The van der Waals surface area contributed by atoms with E-state index >= 15 is 0 Å². The summed E-state index contributed by atoms with van der Waals surface area (Å²) >= 11 is 5.93. The third kappa shape index (κ3) is 5.35. The van der Waals surface area contributed by atoms with Gasteiger partial charge >= 0.3 is 0 Å². The van der Waals surface area contributed by atoms with E-state index in [9.17, 15) is 9.59 Å². The van der Waals surface area contributed by atoms with Gasteiger partial charge in [-0.3, -0.25) is 9.59 Å². The van der Waals surface area contributed by atoms with E-state index in [-0.39, 0.29) is 11.9 Å². The van der Waals surface area contributed by atoms with Crippen molar-refractivity contribution in [2.24, 2.45) is 5.92 Å². The van der Waals surface area contributed by atoms with Gasteiger partial charge in [0, 0.05) is 36.9 Å². The van der Waals surface area contributed by atoms with Gasteiger partial charge in [0.1, 0.15) is 5.78 Å². The molecule has 0 heterocycles. The molecule has 1 saturated carbocycles. The Morgan fingerprint density at radius 2 is 1.87 bits per heavy atom. The van der Waals surface area contributed by atoms with Crippen LogP contribution in [0.15, 0.2) is 24.3 Å². The summed E-state index contributed by atoms with van der Waals surface area (Å²) < 4.78 is 0. The normalized spacial score (nSPS) is 17.1. The van der Waals surface area contributed by atoms with Crippen LogP contribution in [-0.2, 0) is 16.1 Å². The lowest BCUT2D eigenvalue weighted by atomic mass is 9.86. The van der Waals surface area contributed by atoms with Gasteiger partial charge in [0.15, 0.2) is 0 Å². The summed E-state index contributed by atoms with van der Waals surface area (Å²) in [5.74, 6) is 0.902. The summed E-state index contributed by atoms with van der Waals surface area (Å²) in [5.41, 5.74) is 1.10. The first-order valence-corrected chi connectivity index (χ1v) is 8.93. The third-order valence-corrected chi connectivity index (χ3v) is 5.09. The highest BCUT2D eigenvalue weighted by molar-refractivity contribution is 6.30. The maximum Gasteiger partial charge on any atom is 0.223 e. The number of nitrogens with zero attached hydrogens (tertiary/aromatic N) is 1. The maximum atomic E-state index is 12.8. The molecular weight excluding hydrogens is 310 g/mol. The van der Waals surface area contributed by atoms with Crippen molar-refractivity contribution < 1.29 is 9.59 Å². The van der Waals surface area contributed by atoms with Gasteiger partial charge < -0.3 is 4.90 Å². The molecule has 0 aliphatic heterocycles. The minimum absolute atomic E-state index is 0.202. The summed E-state index contributed by atoms with van der Waals surface area (Å²) in [7, 11) is 0. The SMILES string of the molecule is CC[C@@H](C)N(Cc1ccc(Cl)cc1)C(=O)CC1CCC(=O)CC1. The maximum absolute atomic E-state index is 12.8. The fraction of sp³-hybridized carbons (Fsp3) is 0.579. The molecule has 1 aliphatic carbocycles. The minimum Gasteiger partial charge on any atom is -0.336 e. The Labute approximate surface area is 144 Å². The molecule has 4 heteroatoms. The standard InChI is InChI=1S/C19H26ClNO2/c1-3-14(2)21(13-16-4-8-17(20)9-5-16)19(23)12-15-6-10-18(22)11-7-15/h4-5,8-9,14-15H,3,6-7,10-13H2,1-2H3/t14-/m1/s1. The largest absolute Gasteiger partial charge is 0.336 e. The molecule has 1 atom stereocenters. The monoisotopic (exact) mass is 335 g/mol. The van der Waals surface area contributed by atoms with E-state index in [4.69, 9.17) is 11.6 Å². The molecule has 0 unspecified atom stereocenters. The van der Waals surface area contributed by atoms with Crippen molar-refractivity contribution in [1.82, 2.24) is 4.90 Å². The molecule has 1 amide bonds. The first-order chi connectivity index (χ1) is 11.0. The van der Waals surface area contributed by atoms with E-state index in [1.807, 2.05) is 29.2 Å². The zero-order valence-electron chi connectivity index (χ0n) is 14.1. The van der Waals surface area contributed by atoms with E-state index in [1.165, 1.54) is 0 Å². The predicted octanol–water partition coefficient (Wildman–Crippen LogP) is 4.62. The smallest absolute Gasteiger partial charge is 0.223 e. The Bertz CT molecular complexity index is 531. The molecule has 1 aliphatic rings. The predicted molar refractivity (Wildman–Crippen MR) is 93.3 cm³/mol. The van der Waals surface area contributed by atoms with E-state index in [0.717, 1.165) is 24.8 Å². The van der Waals surface area contributed by atoms with Crippen LogP contribution in [0, 0.1) is 5.92 Å². The van der Waals surface area contributed by atoms with Gasteiger partial charge in [-0.15, -0.1) is 0 Å². The molecule has 0 spiro atoms. The van der Waals surface area contributed by atoms with E-state index < -0.39 is 0 Å². The van der Waals surface area contributed by atoms with Crippen molar-refractivity contribution in [3.63, 3.8) is 0 Å². The first-order valence-electron chi connectivity index (χ1n) is 8.55. The van der Waals surface area contributed by atoms with Gasteiger partial charge in [-0.05, 0) is 49.8 Å². The van der Waals surface area contributed by atoms with Crippen LogP contribution >= 0.6 is 11.6 Å². The van der Waals surface area contributed by atoms with Gasteiger partial charge in [0.2, 0.25) is 5.91 Å². The molecule has 1 aromatic rings. The summed E-state index contributed by atoms with van der Waals surface area (Å²) in [5, 5.41) is 0.710. The lowest BCUT2D eigenvalue weighted by Crippen LogP contribution is -2.39. The number of benzene rings is 1. The van der Waals surface area contributed by atoms with E-state index in [1.54, 1.807) is 0 Å². The quantitative estimate of drug-likeness (QED) is 0.760. The number of rotatable bonds is 6. The number of hydrogen-bond donors (Lipinski definition) is 0. The first kappa shape index (κ1) is 18.0. The summed E-state index contributed by atoms with van der Waals surface area (Å²) in [6.07, 6.45) is 4.49. The van der Waals surface area contributed by atoms with Crippen molar-refractivity contribution in [3.05, 3.63) is 34.9 Å².